The molecular formula is C16H26N2. The van der Waals surface area contributed by atoms with Crippen LogP contribution >= 0.6 is 0 Å². The molecule has 1 saturated heterocycles. The van der Waals surface area contributed by atoms with Crippen LogP contribution in [0.5, 0.6) is 0 Å². The topological polar surface area (TPSA) is 24.1 Å². The van der Waals surface area contributed by atoms with Gasteiger partial charge in [-0.3, -0.25) is 0 Å². The van der Waals surface area contributed by atoms with Crippen molar-refractivity contribution in [3.63, 3.8) is 0 Å². The van der Waals surface area contributed by atoms with E-state index in [1.54, 1.807) is 5.56 Å². The highest BCUT2D eigenvalue weighted by atomic mass is 15.0. The van der Waals surface area contributed by atoms with Gasteiger partial charge in [0, 0.05) is 11.7 Å². The highest BCUT2D eigenvalue weighted by Gasteiger charge is 2.14. The van der Waals surface area contributed by atoms with Gasteiger partial charge in [0.05, 0.1) is 0 Å². The molecule has 0 aromatic heterocycles. The van der Waals surface area contributed by atoms with Gasteiger partial charge in [0.1, 0.15) is 0 Å². The third kappa shape index (κ3) is 3.26. The van der Waals surface area contributed by atoms with E-state index >= 15 is 0 Å². The molecule has 0 amide bonds. The molecule has 1 aromatic rings. The monoisotopic (exact) mass is 246 g/mol. The van der Waals surface area contributed by atoms with E-state index < -0.39 is 0 Å². The first-order valence-electron chi connectivity index (χ1n) is 7.43. The summed E-state index contributed by atoms with van der Waals surface area (Å²) in [5.74, 6) is 0. The maximum atomic E-state index is 3.77. The minimum Gasteiger partial charge on any atom is -0.382 e. The Morgan fingerprint density at radius 2 is 2.00 bits per heavy atom. The second-order valence-electron chi connectivity index (χ2n) is 5.22. The number of hydrogen-bond acceptors (Lipinski definition) is 2. The molecule has 0 unspecified atom stereocenters. The third-order valence-corrected chi connectivity index (χ3v) is 3.85. The van der Waals surface area contributed by atoms with Gasteiger partial charge in [-0.05, 0) is 56.0 Å². The zero-order valence-corrected chi connectivity index (χ0v) is 11.8. The SMILES string of the molecule is CCCc1c(CC)cccc1NC1CCNCC1. The number of anilines is 1. The average molecular weight is 246 g/mol. The van der Waals surface area contributed by atoms with Crippen LogP contribution in [0.3, 0.4) is 0 Å². The third-order valence-electron chi connectivity index (χ3n) is 3.85. The van der Waals surface area contributed by atoms with Crippen LogP contribution in [0.4, 0.5) is 5.69 Å². The zero-order valence-electron chi connectivity index (χ0n) is 11.8. The molecule has 2 heteroatoms. The molecule has 2 rings (SSSR count). The summed E-state index contributed by atoms with van der Waals surface area (Å²) >= 11 is 0. The van der Waals surface area contributed by atoms with Crippen LogP contribution < -0.4 is 10.6 Å². The number of rotatable bonds is 5. The number of hydrogen-bond donors (Lipinski definition) is 2. The molecule has 0 aliphatic carbocycles. The first kappa shape index (κ1) is 13.4. The fraction of sp³-hybridized carbons (Fsp3) is 0.625. The smallest absolute Gasteiger partial charge is 0.0377 e. The Morgan fingerprint density at radius 3 is 2.67 bits per heavy atom. The highest BCUT2D eigenvalue weighted by Crippen LogP contribution is 2.24. The second kappa shape index (κ2) is 6.79. The highest BCUT2D eigenvalue weighted by molar-refractivity contribution is 5.55. The molecule has 0 spiro atoms. The Balaban J connectivity index is 2.14. The van der Waals surface area contributed by atoms with Gasteiger partial charge in [0.25, 0.3) is 0 Å². The number of nitrogens with one attached hydrogen (secondary N) is 2. The Morgan fingerprint density at radius 1 is 1.22 bits per heavy atom. The lowest BCUT2D eigenvalue weighted by Crippen LogP contribution is -2.35. The Kier molecular flexibility index (Phi) is 5.06. The number of aryl methyl sites for hydroxylation is 1. The van der Waals surface area contributed by atoms with Crippen molar-refractivity contribution in [3.05, 3.63) is 29.3 Å². The molecule has 0 radical (unpaired) electrons. The average Bonchev–Trinajstić information content (AvgIpc) is 2.42. The van der Waals surface area contributed by atoms with Gasteiger partial charge >= 0.3 is 0 Å². The van der Waals surface area contributed by atoms with Crippen LogP contribution in [-0.4, -0.2) is 19.1 Å². The molecule has 100 valence electrons. The fourth-order valence-corrected chi connectivity index (χ4v) is 2.83. The molecule has 1 aliphatic rings. The van der Waals surface area contributed by atoms with Crippen molar-refractivity contribution in [1.82, 2.24) is 5.32 Å². The summed E-state index contributed by atoms with van der Waals surface area (Å²) in [5, 5.41) is 7.19. The zero-order chi connectivity index (χ0) is 12.8. The molecule has 2 N–H and O–H groups in total. The van der Waals surface area contributed by atoms with E-state index in [9.17, 15) is 0 Å². The van der Waals surface area contributed by atoms with E-state index in [-0.39, 0.29) is 0 Å². The van der Waals surface area contributed by atoms with Crippen molar-refractivity contribution < 1.29 is 0 Å². The summed E-state index contributed by atoms with van der Waals surface area (Å²) in [6.45, 7) is 6.81. The molecule has 1 heterocycles. The molecule has 0 saturated carbocycles. The summed E-state index contributed by atoms with van der Waals surface area (Å²) < 4.78 is 0. The summed E-state index contributed by atoms with van der Waals surface area (Å²) in [6.07, 6.45) is 6.02. The maximum Gasteiger partial charge on any atom is 0.0377 e. The van der Waals surface area contributed by atoms with Crippen molar-refractivity contribution in [3.8, 4) is 0 Å². The van der Waals surface area contributed by atoms with E-state index in [1.807, 2.05) is 0 Å². The number of piperidine rings is 1. The largest absolute Gasteiger partial charge is 0.382 e. The second-order valence-corrected chi connectivity index (χ2v) is 5.22. The molecule has 1 aromatic carbocycles. The quantitative estimate of drug-likeness (QED) is 0.832. The Bertz CT molecular complexity index is 367. The van der Waals surface area contributed by atoms with E-state index in [4.69, 9.17) is 0 Å². The minimum atomic E-state index is 0.647. The number of benzene rings is 1. The predicted molar refractivity (Wildman–Crippen MR) is 79.3 cm³/mol. The van der Waals surface area contributed by atoms with Crippen molar-refractivity contribution in [2.24, 2.45) is 0 Å². The van der Waals surface area contributed by atoms with Gasteiger partial charge in [-0.1, -0.05) is 32.4 Å². The summed E-state index contributed by atoms with van der Waals surface area (Å²) in [6, 6.07) is 7.38. The van der Waals surface area contributed by atoms with Gasteiger partial charge in [-0.15, -0.1) is 0 Å². The Labute approximate surface area is 111 Å². The van der Waals surface area contributed by atoms with Gasteiger partial charge in [0.2, 0.25) is 0 Å². The van der Waals surface area contributed by atoms with Crippen LogP contribution in [0.15, 0.2) is 18.2 Å². The standard InChI is InChI=1S/C16H26N2/c1-3-6-15-13(4-2)7-5-8-16(15)18-14-9-11-17-12-10-14/h5,7-8,14,17-18H,3-4,6,9-12H2,1-2H3. The van der Waals surface area contributed by atoms with Crippen molar-refractivity contribution in [2.45, 2.75) is 52.0 Å². The molecule has 2 nitrogen and oxygen atoms in total. The van der Waals surface area contributed by atoms with Crippen LogP contribution in [0.25, 0.3) is 0 Å². The van der Waals surface area contributed by atoms with Crippen molar-refractivity contribution in [1.29, 1.82) is 0 Å². The van der Waals surface area contributed by atoms with Gasteiger partial charge in [-0.25, -0.2) is 0 Å². The van der Waals surface area contributed by atoms with E-state index in [0.717, 1.165) is 19.5 Å². The molecule has 1 aliphatic heterocycles. The van der Waals surface area contributed by atoms with Crippen LogP contribution in [0.2, 0.25) is 0 Å². The molecule has 0 atom stereocenters. The normalized spacial score (nSPS) is 16.8. The molecule has 18 heavy (non-hydrogen) atoms. The van der Waals surface area contributed by atoms with E-state index in [1.165, 1.54) is 36.9 Å². The summed E-state index contributed by atoms with van der Waals surface area (Å²) in [7, 11) is 0. The predicted octanol–water partition coefficient (Wildman–Crippen LogP) is 3.37. The molecule has 1 fully saturated rings. The lowest BCUT2D eigenvalue weighted by atomic mass is 9.97. The molecule has 0 bridgehead atoms. The lowest BCUT2D eigenvalue weighted by molar-refractivity contribution is 0.479. The fourth-order valence-electron chi connectivity index (χ4n) is 2.83. The summed E-state index contributed by atoms with van der Waals surface area (Å²) in [4.78, 5) is 0. The van der Waals surface area contributed by atoms with Crippen LogP contribution in [0, 0.1) is 0 Å². The van der Waals surface area contributed by atoms with Crippen molar-refractivity contribution >= 4 is 5.69 Å². The van der Waals surface area contributed by atoms with E-state index in [0.29, 0.717) is 6.04 Å². The maximum absolute atomic E-state index is 3.77. The van der Waals surface area contributed by atoms with Gasteiger partial charge in [0.15, 0.2) is 0 Å². The lowest BCUT2D eigenvalue weighted by Gasteiger charge is -2.26. The van der Waals surface area contributed by atoms with Crippen LogP contribution in [0.1, 0.15) is 44.2 Å². The van der Waals surface area contributed by atoms with Crippen molar-refractivity contribution in [2.75, 3.05) is 18.4 Å². The minimum absolute atomic E-state index is 0.647. The first-order valence-corrected chi connectivity index (χ1v) is 7.43. The van der Waals surface area contributed by atoms with Gasteiger partial charge in [-0.2, -0.15) is 0 Å². The Hall–Kier alpha value is -1.02. The van der Waals surface area contributed by atoms with Crippen LogP contribution in [-0.2, 0) is 12.8 Å². The van der Waals surface area contributed by atoms with E-state index in [2.05, 4.69) is 42.7 Å². The molecular weight excluding hydrogens is 220 g/mol. The first-order chi connectivity index (χ1) is 8.85. The summed E-state index contributed by atoms with van der Waals surface area (Å²) in [5.41, 5.74) is 4.43. The van der Waals surface area contributed by atoms with Gasteiger partial charge < -0.3 is 10.6 Å².